The molecule has 0 aliphatic heterocycles. The molecule has 0 fully saturated rings. The van der Waals surface area contributed by atoms with E-state index in [4.69, 9.17) is 10.5 Å². The van der Waals surface area contributed by atoms with Crippen molar-refractivity contribution in [3.63, 3.8) is 0 Å². The molecule has 0 atom stereocenters. The van der Waals surface area contributed by atoms with Gasteiger partial charge in [-0.2, -0.15) is 0 Å². The summed E-state index contributed by atoms with van der Waals surface area (Å²) in [7, 11) is 1.68. The van der Waals surface area contributed by atoms with Crippen LogP contribution in [-0.2, 0) is 11.3 Å². The Kier molecular flexibility index (Phi) is 9.28. The van der Waals surface area contributed by atoms with Crippen molar-refractivity contribution in [3.8, 4) is 0 Å². The number of methoxy groups -OCH3 is 1. The standard InChI is InChI=1S/C13H20N2O2.ClH/c1-17-9-3-2-8-15-13(16)12-6-4-11(10-14)5-7-12;/h4-7H,2-3,8-10,14H2,1H3,(H,15,16);1H. The number of unbranched alkanes of at least 4 members (excludes halogenated alkanes) is 1. The van der Waals surface area contributed by atoms with Gasteiger partial charge >= 0.3 is 0 Å². The van der Waals surface area contributed by atoms with E-state index in [1.165, 1.54) is 0 Å². The largest absolute Gasteiger partial charge is 0.385 e. The summed E-state index contributed by atoms with van der Waals surface area (Å²) in [5.41, 5.74) is 7.19. The van der Waals surface area contributed by atoms with Crippen molar-refractivity contribution in [1.29, 1.82) is 0 Å². The molecule has 1 aromatic rings. The summed E-state index contributed by atoms with van der Waals surface area (Å²) in [5.74, 6) is -0.0361. The molecular weight excluding hydrogens is 252 g/mol. The van der Waals surface area contributed by atoms with Gasteiger partial charge in [-0.1, -0.05) is 12.1 Å². The van der Waals surface area contributed by atoms with E-state index in [9.17, 15) is 4.79 Å². The lowest BCUT2D eigenvalue weighted by molar-refractivity contribution is 0.0951. The fourth-order valence-electron chi connectivity index (χ4n) is 1.47. The first-order chi connectivity index (χ1) is 8.27. The van der Waals surface area contributed by atoms with Crippen LogP contribution >= 0.6 is 12.4 Å². The van der Waals surface area contributed by atoms with Crippen molar-refractivity contribution in [2.45, 2.75) is 19.4 Å². The Balaban J connectivity index is 0.00000289. The number of rotatable bonds is 7. The molecule has 0 saturated carbocycles. The fourth-order valence-corrected chi connectivity index (χ4v) is 1.47. The van der Waals surface area contributed by atoms with Gasteiger partial charge in [0.25, 0.3) is 5.91 Å². The third-order valence-electron chi connectivity index (χ3n) is 2.51. The Morgan fingerprint density at radius 3 is 2.50 bits per heavy atom. The van der Waals surface area contributed by atoms with Crippen LogP contribution in [0, 0.1) is 0 Å². The van der Waals surface area contributed by atoms with Gasteiger partial charge in [0.2, 0.25) is 0 Å². The summed E-state index contributed by atoms with van der Waals surface area (Å²) in [6, 6.07) is 7.35. The first-order valence-corrected chi connectivity index (χ1v) is 5.84. The van der Waals surface area contributed by atoms with Crippen molar-refractivity contribution in [1.82, 2.24) is 5.32 Å². The van der Waals surface area contributed by atoms with Crippen molar-refractivity contribution in [2.75, 3.05) is 20.3 Å². The normalized spacial score (nSPS) is 9.67. The zero-order chi connectivity index (χ0) is 12.5. The SMILES string of the molecule is COCCCCNC(=O)c1ccc(CN)cc1.Cl. The molecule has 102 valence electrons. The molecule has 18 heavy (non-hydrogen) atoms. The Morgan fingerprint density at radius 2 is 1.94 bits per heavy atom. The van der Waals surface area contributed by atoms with Crippen LogP contribution in [0.4, 0.5) is 0 Å². The van der Waals surface area contributed by atoms with E-state index in [0.717, 1.165) is 25.0 Å². The number of halogens is 1. The van der Waals surface area contributed by atoms with E-state index in [2.05, 4.69) is 5.32 Å². The number of hydrogen-bond donors (Lipinski definition) is 2. The number of carbonyl (C=O) groups is 1. The third kappa shape index (κ3) is 6.00. The van der Waals surface area contributed by atoms with Gasteiger partial charge in [-0.05, 0) is 30.5 Å². The Hall–Kier alpha value is -1.10. The zero-order valence-electron chi connectivity index (χ0n) is 10.6. The molecule has 0 aliphatic rings. The van der Waals surface area contributed by atoms with Crippen LogP contribution < -0.4 is 11.1 Å². The second-order valence-corrected chi connectivity index (χ2v) is 3.86. The first kappa shape index (κ1) is 16.9. The molecule has 0 saturated heterocycles. The average Bonchev–Trinajstić information content (AvgIpc) is 2.38. The lowest BCUT2D eigenvalue weighted by Gasteiger charge is -2.05. The maximum Gasteiger partial charge on any atom is 0.251 e. The first-order valence-electron chi connectivity index (χ1n) is 5.84. The second kappa shape index (κ2) is 9.88. The van der Waals surface area contributed by atoms with Crippen LogP contribution in [0.25, 0.3) is 0 Å². The number of ether oxygens (including phenoxy) is 1. The van der Waals surface area contributed by atoms with Crippen LogP contribution in [0.15, 0.2) is 24.3 Å². The molecular formula is C13H21ClN2O2. The molecule has 1 amide bonds. The highest BCUT2D eigenvalue weighted by Gasteiger charge is 2.03. The van der Waals surface area contributed by atoms with E-state index >= 15 is 0 Å². The summed E-state index contributed by atoms with van der Waals surface area (Å²) in [6.45, 7) is 1.92. The lowest BCUT2D eigenvalue weighted by Crippen LogP contribution is -2.24. The maximum atomic E-state index is 11.7. The predicted octanol–water partition coefficient (Wildman–Crippen LogP) is 1.72. The summed E-state index contributed by atoms with van der Waals surface area (Å²) in [6.07, 6.45) is 1.89. The topological polar surface area (TPSA) is 64.3 Å². The van der Waals surface area contributed by atoms with Crippen molar-refractivity contribution in [2.24, 2.45) is 5.73 Å². The highest BCUT2D eigenvalue weighted by Crippen LogP contribution is 2.03. The molecule has 3 N–H and O–H groups in total. The van der Waals surface area contributed by atoms with Gasteiger partial charge in [-0.15, -0.1) is 12.4 Å². The molecule has 0 radical (unpaired) electrons. The Morgan fingerprint density at radius 1 is 1.28 bits per heavy atom. The maximum absolute atomic E-state index is 11.7. The Labute approximate surface area is 114 Å². The summed E-state index contributed by atoms with van der Waals surface area (Å²) in [4.78, 5) is 11.7. The van der Waals surface area contributed by atoms with Crippen LogP contribution in [0.2, 0.25) is 0 Å². The van der Waals surface area contributed by atoms with Gasteiger partial charge in [0.1, 0.15) is 0 Å². The van der Waals surface area contributed by atoms with E-state index in [0.29, 0.717) is 18.7 Å². The third-order valence-corrected chi connectivity index (χ3v) is 2.51. The number of nitrogens with two attached hydrogens (primary N) is 1. The minimum atomic E-state index is -0.0361. The molecule has 4 nitrogen and oxygen atoms in total. The zero-order valence-corrected chi connectivity index (χ0v) is 11.5. The molecule has 0 aromatic heterocycles. The monoisotopic (exact) mass is 272 g/mol. The molecule has 5 heteroatoms. The van der Waals surface area contributed by atoms with Gasteiger partial charge in [0.05, 0.1) is 0 Å². The van der Waals surface area contributed by atoms with Gasteiger partial charge < -0.3 is 15.8 Å². The summed E-state index contributed by atoms with van der Waals surface area (Å²) in [5, 5.41) is 2.87. The smallest absolute Gasteiger partial charge is 0.251 e. The van der Waals surface area contributed by atoms with Crippen LogP contribution in [0.5, 0.6) is 0 Å². The number of hydrogen-bond acceptors (Lipinski definition) is 3. The molecule has 1 rings (SSSR count). The number of amides is 1. The van der Waals surface area contributed by atoms with Crippen molar-refractivity contribution >= 4 is 18.3 Å². The molecule has 0 heterocycles. The second-order valence-electron chi connectivity index (χ2n) is 3.86. The molecule has 1 aromatic carbocycles. The van der Waals surface area contributed by atoms with Crippen LogP contribution in [0.3, 0.4) is 0 Å². The quantitative estimate of drug-likeness (QED) is 0.743. The molecule has 0 aliphatic carbocycles. The van der Waals surface area contributed by atoms with Gasteiger partial charge in [0.15, 0.2) is 0 Å². The van der Waals surface area contributed by atoms with Crippen LogP contribution in [-0.4, -0.2) is 26.2 Å². The summed E-state index contributed by atoms with van der Waals surface area (Å²) < 4.78 is 4.93. The minimum Gasteiger partial charge on any atom is -0.385 e. The molecule has 0 bridgehead atoms. The lowest BCUT2D eigenvalue weighted by atomic mass is 10.1. The highest BCUT2D eigenvalue weighted by molar-refractivity contribution is 5.94. The molecule has 0 spiro atoms. The van der Waals surface area contributed by atoms with E-state index in [1.54, 1.807) is 19.2 Å². The molecule has 0 unspecified atom stereocenters. The van der Waals surface area contributed by atoms with E-state index < -0.39 is 0 Å². The van der Waals surface area contributed by atoms with Gasteiger partial charge in [-0.25, -0.2) is 0 Å². The van der Waals surface area contributed by atoms with Crippen LogP contribution in [0.1, 0.15) is 28.8 Å². The number of carbonyl (C=O) groups excluding carboxylic acids is 1. The average molecular weight is 273 g/mol. The van der Waals surface area contributed by atoms with Crippen molar-refractivity contribution < 1.29 is 9.53 Å². The van der Waals surface area contributed by atoms with E-state index in [-0.39, 0.29) is 18.3 Å². The van der Waals surface area contributed by atoms with Gasteiger partial charge in [0, 0.05) is 32.4 Å². The number of nitrogens with one attached hydrogen (secondary N) is 1. The number of benzene rings is 1. The highest BCUT2D eigenvalue weighted by atomic mass is 35.5. The van der Waals surface area contributed by atoms with Gasteiger partial charge in [-0.3, -0.25) is 4.79 Å². The van der Waals surface area contributed by atoms with E-state index in [1.807, 2.05) is 12.1 Å². The Bertz CT molecular complexity index is 341. The fraction of sp³-hybridized carbons (Fsp3) is 0.462. The summed E-state index contributed by atoms with van der Waals surface area (Å²) >= 11 is 0. The minimum absolute atomic E-state index is 0. The predicted molar refractivity (Wildman–Crippen MR) is 75.0 cm³/mol. The van der Waals surface area contributed by atoms with Crippen molar-refractivity contribution in [3.05, 3.63) is 35.4 Å².